The first-order valence-corrected chi connectivity index (χ1v) is 33.7. The molecule has 0 fully saturated rings. The van der Waals surface area contributed by atoms with Crippen molar-refractivity contribution in [1.82, 2.24) is 0 Å². The highest BCUT2D eigenvalue weighted by Gasteiger charge is 2.19. The van der Waals surface area contributed by atoms with Gasteiger partial charge in [-0.25, -0.2) is 0 Å². The molecule has 0 radical (unpaired) electrons. The first-order chi connectivity index (χ1) is 40.0. The van der Waals surface area contributed by atoms with Crippen molar-refractivity contribution in [3.8, 4) is 0 Å². The normalized spacial score (nSPS) is 13.0. The summed E-state index contributed by atoms with van der Waals surface area (Å²) in [6.45, 7) is 6.33. The van der Waals surface area contributed by atoms with Crippen LogP contribution < -0.4 is 0 Å². The van der Waals surface area contributed by atoms with Crippen molar-refractivity contribution in [2.24, 2.45) is 0 Å². The van der Waals surface area contributed by atoms with Crippen LogP contribution in [0.5, 0.6) is 0 Å². The Morgan fingerprint density at radius 3 is 0.815 bits per heavy atom. The lowest BCUT2D eigenvalue weighted by atomic mass is 10.0. The molecule has 0 amide bonds. The molecule has 0 aromatic carbocycles. The molecule has 6 nitrogen and oxygen atoms in total. The van der Waals surface area contributed by atoms with Gasteiger partial charge in [0, 0.05) is 19.3 Å². The zero-order chi connectivity index (χ0) is 58.5. The van der Waals surface area contributed by atoms with Gasteiger partial charge in [0.1, 0.15) is 13.2 Å². The molecule has 0 bridgehead atoms. The molecule has 0 aliphatic rings. The Balaban J connectivity index is 4.30. The van der Waals surface area contributed by atoms with Gasteiger partial charge in [0.2, 0.25) is 0 Å². The molecule has 0 rings (SSSR count). The predicted molar refractivity (Wildman–Crippen MR) is 353 cm³/mol. The lowest BCUT2D eigenvalue weighted by Crippen LogP contribution is -2.30. The van der Waals surface area contributed by atoms with Gasteiger partial charge in [0.25, 0.3) is 0 Å². The van der Waals surface area contributed by atoms with Gasteiger partial charge in [-0.1, -0.05) is 296 Å². The summed E-state index contributed by atoms with van der Waals surface area (Å²) < 4.78 is 16.8. The topological polar surface area (TPSA) is 78.9 Å². The summed E-state index contributed by atoms with van der Waals surface area (Å²) in [5.41, 5.74) is 0. The molecule has 0 saturated heterocycles. The standard InChI is InChI=1S/C75H124O6/c1-4-7-10-13-16-19-22-25-27-29-31-32-33-34-35-36-37-38-39-40-41-42-44-45-47-50-53-56-59-62-65-68-74(77)80-71-72(70-79-73(76)67-64-61-58-55-52-49-24-21-18-15-12-9-6-3)81-75(78)69-66-63-60-57-54-51-48-46-43-30-28-26-23-20-17-14-11-8-5-2/h8-9,11-12,17-18,20-22,25-26,28-29,31,43,46,49,51-52,54,60,63,72H,4-7,10,13-16,19,23-24,27,30,32-42,44-45,47-48,50,53,55-59,61-62,64-71H2,1-3H3/b11-8-,12-9-,20-17-,21-18-,25-22-,28-26-,31-29-,46-43-,52-49-,54-51-,63-60-. The number of ether oxygens (including phenoxy) is 3. The average Bonchev–Trinajstić information content (AvgIpc) is 3.46. The van der Waals surface area contributed by atoms with E-state index in [-0.39, 0.29) is 31.6 Å². The molecule has 6 heteroatoms. The van der Waals surface area contributed by atoms with E-state index in [9.17, 15) is 14.4 Å². The van der Waals surface area contributed by atoms with E-state index in [0.717, 1.165) is 109 Å². The third-order valence-electron chi connectivity index (χ3n) is 14.1. The van der Waals surface area contributed by atoms with E-state index in [1.165, 1.54) is 148 Å². The van der Waals surface area contributed by atoms with E-state index in [4.69, 9.17) is 14.2 Å². The number of unbranched alkanes of at least 4 members (excludes halogenated alkanes) is 27. The maximum atomic E-state index is 12.9. The number of carbonyl (C=O) groups excluding carboxylic acids is 3. The second kappa shape index (κ2) is 68.1. The van der Waals surface area contributed by atoms with Gasteiger partial charge in [-0.2, -0.15) is 0 Å². The van der Waals surface area contributed by atoms with Gasteiger partial charge < -0.3 is 14.2 Å². The molecule has 0 aromatic rings. The van der Waals surface area contributed by atoms with Crippen LogP contribution in [0.2, 0.25) is 0 Å². The van der Waals surface area contributed by atoms with Gasteiger partial charge >= 0.3 is 17.9 Å². The first-order valence-electron chi connectivity index (χ1n) is 33.7. The fourth-order valence-corrected chi connectivity index (χ4v) is 9.16. The summed E-state index contributed by atoms with van der Waals surface area (Å²) in [7, 11) is 0. The molecule has 0 aliphatic heterocycles. The van der Waals surface area contributed by atoms with E-state index in [0.29, 0.717) is 19.3 Å². The fraction of sp³-hybridized carbons (Fsp3) is 0.667. The van der Waals surface area contributed by atoms with Crippen LogP contribution in [0.1, 0.15) is 303 Å². The highest BCUT2D eigenvalue weighted by molar-refractivity contribution is 5.71. The van der Waals surface area contributed by atoms with E-state index in [2.05, 4.69) is 142 Å². The lowest BCUT2D eigenvalue weighted by Gasteiger charge is -2.18. The summed E-state index contributed by atoms with van der Waals surface area (Å²) in [6.07, 6.45) is 96.5. The first kappa shape index (κ1) is 76.5. The Labute approximate surface area is 500 Å². The molecular formula is C75H124O6. The van der Waals surface area contributed by atoms with Crippen LogP contribution in [0.25, 0.3) is 0 Å². The molecule has 0 aromatic heterocycles. The molecule has 1 unspecified atom stereocenters. The number of hydrogen-bond donors (Lipinski definition) is 0. The Morgan fingerprint density at radius 2 is 0.506 bits per heavy atom. The van der Waals surface area contributed by atoms with Crippen molar-refractivity contribution in [1.29, 1.82) is 0 Å². The van der Waals surface area contributed by atoms with Crippen molar-refractivity contribution in [3.05, 3.63) is 134 Å². The van der Waals surface area contributed by atoms with E-state index in [1.54, 1.807) is 0 Å². The third-order valence-corrected chi connectivity index (χ3v) is 14.1. The minimum atomic E-state index is -0.835. The SMILES string of the molecule is CC/C=C\C/C=C\C/C=C\C/C=C\C/C=C\C/C=C\CCC(=O)OC(COC(=O)CCCCC/C=C\C/C=C\C/C=C\CC)COC(=O)CCCCCCCCCCCCCCCCCCCCC/C=C\C/C=C\CCCCCCC. The number of allylic oxidation sites excluding steroid dienone is 22. The monoisotopic (exact) mass is 1120 g/mol. The third kappa shape index (κ3) is 66.2. The van der Waals surface area contributed by atoms with Crippen LogP contribution in [0.3, 0.4) is 0 Å². The molecular weight excluding hydrogens is 997 g/mol. The summed E-state index contributed by atoms with van der Waals surface area (Å²) >= 11 is 0. The second-order valence-electron chi connectivity index (χ2n) is 22.0. The van der Waals surface area contributed by atoms with Crippen LogP contribution in [0.15, 0.2) is 134 Å². The van der Waals surface area contributed by atoms with Crippen LogP contribution in [-0.4, -0.2) is 37.2 Å². The Bertz CT molecular complexity index is 1720. The fourth-order valence-electron chi connectivity index (χ4n) is 9.16. The summed E-state index contributed by atoms with van der Waals surface area (Å²) in [5, 5.41) is 0. The van der Waals surface area contributed by atoms with E-state index >= 15 is 0 Å². The number of esters is 3. The summed E-state index contributed by atoms with van der Waals surface area (Å²) in [6, 6.07) is 0. The minimum Gasteiger partial charge on any atom is -0.462 e. The predicted octanol–water partition coefficient (Wildman–Crippen LogP) is 23.3. The second-order valence-corrected chi connectivity index (χ2v) is 22.0. The van der Waals surface area contributed by atoms with Crippen molar-refractivity contribution in [2.45, 2.75) is 309 Å². The maximum Gasteiger partial charge on any atom is 0.306 e. The molecule has 0 heterocycles. The zero-order valence-electron chi connectivity index (χ0n) is 52.8. The zero-order valence-corrected chi connectivity index (χ0v) is 52.8. The van der Waals surface area contributed by atoms with Gasteiger partial charge in [-0.05, 0) is 122 Å². The van der Waals surface area contributed by atoms with E-state index < -0.39 is 12.1 Å². The Morgan fingerprint density at radius 1 is 0.259 bits per heavy atom. The Hall–Kier alpha value is -4.45. The number of carbonyl (C=O) groups is 3. The lowest BCUT2D eigenvalue weighted by molar-refractivity contribution is -0.166. The highest BCUT2D eigenvalue weighted by Crippen LogP contribution is 2.16. The van der Waals surface area contributed by atoms with Crippen molar-refractivity contribution >= 4 is 17.9 Å². The number of rotatable bonds is 60. The van der Waals surface area contributed by atoms with E-state index in [1.807, 2.05) is 12.2 Å². The molecule has 0 aliphatic carbocycles. The molecule has 0 saturated carbocycles. The molecule has 1 atom stereocenters. The number of hydrogen-bond acceptors (Lipinski definition) is 6. The van der Waals surface area contributed by atoms with Gasteiger partial charge in [0.05, 0.1) is 0 Å². The maximum absolute atomic E-state index is 12.9. The smallest absolute Gasteiger partial charge is 0.306 e. The summed E-state index contributed by atoms with van der Waals surface area (Å²) in [4.78, 5) is 38.3. The highest BCUT2D eigenvalue weighted by atomic mass is 16.6. The van der Waals surface area contributed by atoms with Gasteiger partial charge in [-0.15, -0.1) is 0 Å². The summed E-state index contributed by atoms with van der Waals surface area (Å²) in [5.74, 6) is -1.03. The van der Waals surface area contributed by atoms with Crippen molar-refractivity contribution in [3.63, 3.8) is 0 Å². The van der Waals surface area contributed by atoms with Crippen LogP contribution >= 0.6 is 0 Å². The van der Waals surface area contributed by atoms with Gasteiger partial charge in [0.15, 0.2) is 6.10 Å². The van der Waals surface area contributed by atoms with Gasteiger partial charge in [-0.3, -0.25) is 14.4 Å². The van der Waals surface area contributed by atoms with Crippen LogP contribution in [0, 0.1) is 0 Å². The average molecular weight is 1120 g/mol. The van der Waals surface area contributed by atoms with Crippen molar-refractivity contribution < 1.29 is 28.6 Å². The van der Waals surface area contributed by atoms with Crippen LogP contribution in [0.4, 0.5) is 0 Å². The molecule has 0 N–H and O–H groups in total. The molecule has 81 heavy (non-hydrogen) atoms. The largest absolute Gasteiger partial charge is 0.462 e. The van der Waals surface area contributed by atoms with Crippen LogP contribution in [-0.2, 0) is 28.6 Å². The van der Waals surface area contributed by atoms with Crippen molar-refractivity contribution in [2.75, 3.05) is 13.2 Å². The quantitative estimate of drug-likeness (QED) is 0.0261. The minimum absolute atomic E-state index is 0.119. The molecule has 460 valence electrons. The Kier molecular flexibility index (Phi) is 64.3. The molecule has 0 spiro atoms.